The molecule has 0 bridgehead atoms. The summed E-state index contributed by atoms with van der Waals surface area (Å²) in [5.74, 6) is 2.38. The van der Waals surface area contributed by atoms with Crippen LogP contribution in [0.2, 0.25) is 0 Å². The molecule has 1 aliphatic carbocycles. The van der Waals surface area contributed by atoms with Gasteiger partial charge in [-0.1, -0.05) is 43.9 Å². The summed E-state index contributed by atoms with van der Waals surface area (Å²) in [6.07, 6.45) is 6.67. The van der Waals surface area contributed by atoms with E-state index >= 15 is 0 Å². The molecule has 2 aromatic heterocycles. The molecule has 0 unspecified atom stereocenters. The van der Waals surface area contributed by atoms with Crippen molar-refractivity contribution in [3.8, 4) is 11.5 Å². The lowest BCUT2D eigenvalue weighted by Crippen LogP contribution is -2.33. The minimum atomic E-state index is -0.0679. The quantitative estimate of drug-likeness (QED) is 0.322. The molecule has 1 atom stereocenters. The van der Waals surface area contributed by atoms with Gasteiger partial charge in [0.1, 0.15) is 0 Å². The first-order valence-corrected chi connectivity index (χ1v) is 14.0. The van der Waals surface area contributed by atoms with Gasteiger partial charge in [-0.25, -0.2) is 4.68 Å². The SMILES string of the molecule is CC[C@@H](c1nnnn1C1CCCCC1)N(Cc1ccc2c(c1)OCO2)Cc1cc2cc(C)cc(C)c2[nH]c1=O. The van der Waals surface area contributed by atoms with E-state index in [0.717, 1.165) is 64.2 Å². The fourth-order valence-electron chi connectivity index (χ4n) is 6.23. The number of rotatable bonds is 8. The number of hydrogen-bond donors (Lipinski definition) is 1. The first-order chi connectivity index (χ1) is 19.0. The largest absolute Gasteiger partial charge is 0.454 e. The Labute approximate surface area is 228 Å². The minimum absolute atomic E-state index is 0.0631. The predicted octanol–water partition coefficient (Wildman–Crippen LogP) is 5.52. The molecule has 0 saturated heterocycles. The lowest BCUT2D eigenvalue weighted by Gasteiger charge is -2.32. The molecule has 0 amide bonds. The first kappa shape index (κ1) is 25.6. The summed E-state index contributed by atoms with van der Waals surface area (Å²) < 4.78 is 13.2. The van der Waals surface area contributed by atoms with Crippen LogP contribution in [0.5, 0.6) is 11.5 Å². The molecule has 1 fully saturated rings. The van der Waals surface area contributed by atoms with Crippen LogP contribution >= 0.6 is 0 Å². The number of aromatic amines is 1. The molecule has 9 nitrogen and oxygen atoms in total. The highest BCUT2D eigenvalue weighted by Gasteiger charge is 2.29. The van der Waals surface area contributed by atoms with Crippen LogP contribution in [0.25, 0.3) is 10.9 Å². The van der Waals surface area contributed by atoms with Crippen LogP contribution in [0.15, 0.2) is 41.2 Å². The van der Waals surface area contributed by atoms with E-state index in [2.05, 4.69) is 62.1 Å². The van der Waals surface area contributed by atoms with E-state index in [1.807, 2.05) is 25.1 Å². The number of benzene rings is 2. The van der Waals surface area contributed by atoms with Gasteiger partial charge >= 0.3 is 0 Å². The molecule has 2 aliphatic rings. The second-order valence-electron chi connectivity index (χ2n) is 11.0. The molecule has 6 rings (SSSR count). The molecule has 9 heteroatoms. The molecule has 1 saturated carbocycles. The van der Waals surface area contributed by atoms with Gasteiger partial charge in [0.15, 0.2) is 17.3 Å². The van der Waals surface area contributed by atoms with Gasteiger partial charge in [0.2, 0.25) is 6.79 Å². The summed E-state index contributed by atoms with van der Waals surface area (Å²) >= 11 is 0. The van der Waals surface area contributed by atoms with Crippen molar-refractivity contribution in [2.24, 2.45) is 0 Å². The topological polar surface area (TPSA) is 98.2 Å². The van der Waals surface area contributed by atoms with Crippen LogP contribution in [0.4, 0.5) is 0 Å². The van der Waals surface area contributed by atoms with E-state index in [0.29, 0.717) is 19.1 Å². The number of H-pyrrole nitrogens is 1. The molecule has 39 heavy (non-hydrogen) atoms. The van der Waals surface area contributed by atoms with Gasteiger partial charge in [-0.2, -0.15) is 0 Å². The smallest absolute Gasteiger partial charge is 0.252 e. The molecule has 0 radical (unpaired) electrons. The van der Waals surface area contributed by atoms with E-state index in [9.17, 15) is 4.79 Å². The van der Waals surface area contributed by atoms with Crippen LogP contribution in [-0.4, -0.2) is 36.9 Å². The number of aryl methyl sites for hydroxylation is 2. The number of tetrazole rings is 1. The highest BCUT2D eigenvalue weighted by atomic mass is 16.7. The Morgan fingerprint density at radius 1 is 1.05 bits per heavy atom. The zero-order valence-corrected chi connectivity index (χ0v) is 22.9. The Balaban J connectivity index is 1.39. The van der Waals surface area contributed by atoms with Crippen LogP contribution in [0, 0.1) is 13.8 Å². The van der Waals surface area contributed by atoms with Crippen molar-refractivity contribution in [3.05, 3.63) is 74.8 Å². The summed E-state index contributed by atoms with van der Waals surface area (Å²) in [5, 5.41) is 14.2. The third kappa shape index (κ3) is 5.15. The van der Waals surface area contributed by atoms with Crippen LogP contribution < -0.4 is 15.0 Å². The van der Waals surface area contributed by atoms with Crippen molar-refractivity contribution >= 4 is 10.9 Å². The molecule has 1 aliphatic heterocycles. The van der Waals surface area contributed by atoms with E-state index < -0.39 is 0 Å². The fraction of sp³-hybridized carbons (Fsp3) is 0.467. The third-order valence-electron chi connectivity index (χ3n) is 8.13. The Morgan fingerprint density at radius 2 is 1.87 bits per heavy atom. The van der Waals surface area contributed by atoms with Gasteiger partial charge in [0.25, 0.3) is 5.56 Å². The predicted molar refractivity (Wildman–Crippen MR) is 149 cm³/mol. The molecule has 3 heterocycles. The summed E-state index contributed by atoms with van der Waals surface area (Å²) in [6, 6.07) is 12.6. The van der Waals surface area contributed by atoms with Gasteiger partial charge in [-0.05, 0) is 84.3 Å². The normalized spacial score (nSPS) is 16.3. The second-order valence-corrected chi connectivity index (χ2v) is 11.0. The first-order valence-electron chi connectivity index (χ1n) is 14.0. The van der Waals surface area contributed by atoms with E-state index in [-0.39, 0.29) is 18.4 Å². The summed E-state index contributed by atoms with van der Waals surface area (Å²) in [6.45, 7) is 7.59. The monoisotopic (exact) mass is 528 g/mol. The highest BCUT2D eigenvalue weighted by Crippen LogP contribution is 2.36. The Morgan fingerprint density at radius 3 is 2.69 bits per heavy atom. The third-order valence-corrected chi connectivity index (χ3v) is 8.13. The van der Waals surface area contributed by atoms with Crippen molar-refractivity contribution in [3.63, 3.8) is 0 Å². The van der Waals surface area contributed by atoms with Crippen molar-refractivity contribution < 1.29 is 9.47 Å². The molecular formula is C30H36N6O3. The van der Waals surface area contributed by atoms with Gasteiger partial charge in [-0.15, -0.1) is 5.10 Å². The second kappa shape index (κ2) is 10.8. The maximum Gasteiger partial charge on any atom is 0.252 e. The fourth-order valence-corrected chi connectivity index (χ4v) is 6.23. The zero-order chi connectivity index (χ0) is 26.9. The molecular weight excluding hydrogens is 492 g/mol. The number of ether oxygens (including phenoxy) is 2. The summed E-state index contributed by atoms with van der Waals surface area (Å²) in [5.41, 5.74) is 4.88. The maximum atomic E-state index is 13.4. The molecule has 1 N–H and O–H groups in total. The number of hydrogen-bond acceptors (Lipinski definition) is 7. The average Bonchev–Trinajstić information content (AvgIpc) is 3.60. The Bertz CT molecular complexity index is 1540. The number of fused-ring (bicyclic) bond motifs is 2. The van der Waals surface area contributed by atoms with Crippen LogP contribution in [-0.2, 0) is 13.1 Å². The van der Waals surface area contributed by atoms with Crippen molar-refractivity contribution in [1.82, 2.24) is 30.1 Å². The summed E-state index contributed by atoms with van der Waals surface area (Å²) in [4.78, 5) is 18.8. The molecule has 2 aromatic carbocycles. The lowest BCUT2D eigenvalue weighted by molar-refractivity contribution is 0.155. The standard InChI is InChI=1S/C30H36N6O3/c1-4-25(29-32-33-34-36(29)24-8-6-5-7-9-24)35(16-21-10-11-26-27(14-21)39-18-38-26)17-23-15-22-13-19(2)12-20(3)28(22)31-30(23)37/h10-15,24-25H,4-9,16-18H2,1-3H3,(H,31,37)/t25-/m0/s1. The van der Waals surface area contributed by atoms with Gasteiger partial charge < -0.3 is 14.5 Å². The van der Waals surface area contributed by atoms with Crippen LogP contribution in [0.3, 0.4) is 0 Å². The zero-order valence-electron chi connectivity index (χ0n) is 22.9. The highest BCUT2D eigenvalue weighted by molar-refractivity contribution is 5.82. The van der Waals surface area contributed by atoms with Gasteiger partial charge in [-0.3, -0.25) is 9.69 Å². The maximum absolute atomic E-state index is 13.4. The lowest BCUT2D eigenvalue weighted by atomic mass is 9.95. The van der Waals surface area contributed by atoms with Crippen molar-refractivity contribution in [1.29, 1.82) is 0 Å². The van der Waals surface area contributed by atoms with E-state index in [1.54, 1.807) is 0 Å². The molecule has 0 spiro atoms. The van der Waals surface area contributed by atoms with Gasteiger partial charge in [0.05, 0.1) is 17.6 Å². The Hall–Kier alpha value is -3.72. The van der Waals surface area contributed by atoms with E-state index in [1.165, 1.54) is 24.8 Å². The van der Waals surface area contributed by atoms with E-state index in [4.69, 9.17) is 9.47 Å². The number of nitrogens with zero attached hydrogens (tertiary/aromatic N) is 5. The number of aromatic nitrogens is 5. The minimum Gasteiger partial charge on any atom is -0.454 e. The number of nitrogens with one attached hydrogen (secondary N) is 1. The average molecular weight is 529 g/mol. The van der Waals surface area contributed by atoms with Gasteiger partial charge in [0, 0.05) is 18.7 Å². The van der Waals surface area contributed by atoms with Crippen molar-refractivity contribution in [2.45, 2.75) is 84.5 Å². The molecule has 204 valence electrons. The number of pyridine rings is 1. The van der Waals surface area contributed by atoms with Crippen molar-refractivity contribution in [2.75, 3.05) is 6.79 Å². The summed E-state index contributed by atoms with van der Waals surface area (Å²) in [7, 11) is 0. The Kier molecular flexibility index (Phi) is 7.08. The van der Waals surface area contributed by atoms with Crippen LogP contribution in [0.1, 0.15) is 85.6 Å². The molecule has 4 aromatic rings.